The Labute approximate surface area is 131 Å². The standard InChI is InChI=1S/C15H16N2O4S/c16-10-12(18)17-11(15(7-20-8-15)22-13(10)17)14(19)21-6-9-4-2-1-3-5-9/h1-5,10-11,13H,6-8,16H2/t10?,11?,13-/m1/s1. The van der Waals surface area contributed by atoms with Gasteiger partial charge in [0, 0.05) is 0 Å². The Balaban J connectivity index is 1.50. The molecule has 3 heterocycles. The van der Waals surface area contributed by atoms with Crippen molar-refractivity contribution in [2.24, 2.45) is 5.73 Å². The summed E-state index contributed by atoms with van der Waals surface area (Å²) in [5.74, 6) is -0.551. The zero-order valence-electron chi connectivity index (χ0n) is 11.8. The topological polar surface area (TPSA) is 81.9 Å². The van der Waals surface area contributed by atoms with E-state index in [1.807, 2.05) is 30.3 Å². The first-order chi connectivity index (χ1) is 10.6. The molecule has 1 amide bonds. The number of thioether (sulfide) groups is 1. The third-order valence-corrected chi connectivity index (χ3v) is 6.08. The molecule has 0 aliphatic carbocycles. The molecular weight excluding hydrogens is 304 g/mol. The lowest BCUT2D eigenvalue weighted by Gasteiger charge is -2.43. The van der Waals surface area contributed by atoms with Crippen molar-refractivity contribution >= 4 is 23.6 Å². The van der Waals surface area contributed by atoms with Crippen molar-refractivity contribution in [3.63, 3.8) is 0 Å². The Kier molecular flexibility index (Phi) is 3.18. The highest BCUT2D eigenvalue weighted by Crippen LogP contribution is 2.54. The van der Waals surface area contributed by atoms with Gasteiger partial charge in [0.25, 0.3) is 0 Å². The van der Waals surface area contributed by atoms with Crippen LogP contribution in [0, 0.1) is 0 Å². The molecule has 1 aromatic carbocycles. The summed E-state index contributed by atoms with van der Waals surface area (Å²) in [4.78, 5) is 26.1. The second kappa shape index (κ2) is 4.97. The van der Waals surface area contributed by atoms with Gasteiger partial charge >= 0.3 is 5.97 Å². The summed E-state index contributed by atoms with van der Waals surface area (Å²) in [6.07, 6.45) is 0. The van der Waals surface area contributed by atoms with E-state index in [-0.39, 0.29) is 28.6 Å². The van der Waals surface area contributed by atoms with Crippen LogP contribution in [0.4, 0.5) is 0 Å². The minimum atomic E-state index is -0.590. The number of esters is 1. The van der Waals surface area contributed by atoms with E-state index >= 15 is 0 Å². The van der Waals surface area contributed by atoms with E-state index in [1.54, 1.807) is 16.7 Å². The molecule has 1 aromatic rings. The van der Waals surface area contributed by atoms with Gasteiger partial charge in [0.15, 0.2) is 0 Å². The number of β-lactam (4-membered cyclic amide) rings is 1. The molecule has 22 heavy (non-hydrogen) atoms. The zero-order chi connectivity index (χ0) is 15.3. The maximum Gasteiger partial charge on any atom is 0.330 e. The van der Waals surface area contributed by atoms with Crippen molar-refractivity contribution in [3.8, 4) is 0 Å². The summed E-state index contributed by atoms with van der Waals surface area (Å²) < 4.78 is 10.3. The van der Waals surface area contributed by atoms with Gasteiger partial charge in [-0.2, -0.15) is 0 Å². The van der Waals surface area contributed by atoms with Crippen molar-refractivity contribution < 1.29 is 19.1 Å². The Morgan fingerprint density at radius 2 is 2.14 bits per heavy atom. The van der Waals surface area contributed by atoms with Crippen molar-refractivity contribution in [2.45, 2.75) is 28.8 Å². The van der Waals surface area contributed by atoms with E-state index in [0.29, 0.717) is 13.2 Å². The van der Waals surface area contributed by atoms with Gasteiger partial charge in [0.1, 0.15) is 24.1 Å². The normalized spacial score (nSPS) is 31.4. The monoisotopic (exact) mass is 320 g/mol. The number of benzene rings is 1. The SMILES string of the molecule is NC1C(=O)N2C(C(=O)OCc3ccccc3)C3(COC3)S[C@H]12. The Bertz CT molecular complexity index is 619. The van der Waals surface area contributed by atoms with Gasteiger partial charge in [-0.3, -0.25) is 4.79 Å². The number of hydrogen-bond donors (Lipinski definition) is 1. The van der Waals surface area contributed by atoms with Gasteiger partial charge in [0.05, 0.1) is 18.0 Å². The summed E-state index contributed by atoms with van der Waals surface area (Å²) in [6.45, 7) is 1.11. The number of rotatable bonds is 3. The Morgan fingerprint density at radius 3 is 2.77 bits per heavy atom. The van der Waals surface area contributed by atoms with Crippen LogP contribution in [0.25, 0.3) is 0 Å². The average molecular weight is 320 g/mol. The van der Waals surface area contributed by atoms with E-state index < -0.39 is 12.1 Å². The summed E-state index contributed by atoms with van der Waals surface area (Å²) in [7, 11) is 0. The van der Waals surface area contributed by atoms with Gasteiger partial charge in [0.2, 0.25) is 5.91 Å². The van der Waals surface area contributed by atoms with Crippen LogP contribution in [0.5, 0.6) is 0 Å². The molecule has 3 saturated heterocycles. The number of carbonyl (C=O) groups is 2. The third-order valence-electron chi connectivity index (χ3n) is 4.39. The predicted octanol–water partition coefficient (Wildman–Crippen LogP) is 0.110. The van der Waals surface area contributed by atoms with Crippen LogP contribution in [0.1, 0.15) is 5.56 Å². The number of nitrogens with zero attached hydrogens (tertiary/aromatic N) is 1. The molecule has 6 nitrogen and oxygen atoms in total. The van der Waals surface area contributed by atoms with Gasteiger partial charge in [-0.1, -0.05) is 30.3 Å². The molecule has 0 aromatic heterocycles. The fourth-order valence-corrected chi connectivity index (χ4v) is 4.86. The van der Waals surface area contributed by atoms with Gasteiger partial charge in [-0.25, -0.2) is 4.79 Å². The van der Waals surface area contributed by atoms with Crippen molar-refractivity contribution in [1.29, 1.82) is 0 Å². The maximum absolute atomic E-state index is 12.5. The van der Waals surface area contributed by atoms with Crippen LogP contribution in [0.15, 0.2) is 30.3 Å². The molecule has 0 bridgehead atoms. The first-order valence-electron chi connectivity index (χ1n) is 7.16. The molecule has 116 valence electrons. The molecule has 7 heteroatoms. The highest BCUT2D eigenvalue weighted by molar-refractivity contribution is 8.01. The van der Waals surface area contributed by atoms with E-state index in [1.165, 1.54) is 0 Å². The number of fused-ring (bicyclic) bond motifs is 1. The minimum absolute atomic E-state index is 0.134. The number of hydrogen-bond acceptors (Lipinski definition) is 6. The smallest absolute Gasteiger partial charge is 0.330 e. The van der Waals surface area contributed by atoms with Crippen LogP contribution in [-0.4, -0.2) is 52.2 Å². The molecule has 2 unspecified atom stereocenters. The molecule has 3 atom stereocenters. The van der Waals surface area contributed by atoms with E-state index in [9.17, 15) is 9.59 Å². The largest absolute Gasteiger partial charge is 0.459 e. The van der Waals surface area contributed by atoms with E-state index in [0.717, 1.165) is 5.56 Å². The third kappa shape index (κ3) is 1.89. The molecule has 2 N–H and O–H groups in total. The lowest BCUT2D eigenvalue weighted by Crippen LogP contribution is -2.70. The molecule has 1 spiro atoms. The minimum Gasteiger partial charge on any atom is -0.459 e. The summed E-state index contributed by atoms with van der Waals surface area (Å²) >= 11 is 1.57. The molecule has 3 fully saturated rings. The average Bonchev–Trinajstić information content (AvgIpc) is 2.86. The van der Waals surface area contributed by atoms with Crippen molar-refractivity contribution in [1.82, 2.24) is 4.90 Å². The number of amides is 1. The first kappa shape index (κ1) is 14.0. The Hall–Kier alpha value is -1.57. The number of nitrogens with two attached hydrogens (primary N) is 1. The molecular formula is C15H16N2O4S. The molecule has 3 aliphatic rings. The predicted molar refractivity (Wildman–Crippen MR) is 79.8 cm³/mol. The quantitative estimate of drug-likeness (QED) is 0.629. The summed E-state index contributed by atoms with van der Waals surface area (Å²) in [5.41, 5.74) is 6.75. The number of ether oxygens (including phenoxy) is 2. The van der Waals surface area contributed by atoms with Crippen LogP contribution in [0.3, 0.4) is 0 Å². The van der Waals surface area contributed by atoms with Crippen molar-refractivity contribution in [2.75, 3.05) is 13.2 Å². The van der Waals surface area contributed by atoms with E-state index in [4.69, 9.17) is 15.2 Å². The molecule has 0 radical (unpaired) electrons. The highest BCUT2D eigenvalue weighted by atomic mass is 32.2. The zero-order valence-corrected chi connectivity index (χ0v) is 12.6. The molecule has 0 saturated carbocycles. The maximum atomic E-state index is 12.5. The van der Waals surface area contributed by atoms with Crippen LogP contribution in [-0.2, 0) is 25.7 Å². The molecule has 3 aliphatic heterocycles. The van der Waals surface area contributed by atoms with Gasteiger partial charge in [-0.05, 0) is 5.56 Å². The van der Waals surface area contributed by atoms with Crippen LogP contribution < -0.4 is 5.73 Å². The summed E-state index contributed by atoms with van der Waals surface area (Å²) in [6, 6.07) is 8.37. The second-order valence-electron chi connectivity index (χ2n) is 5.83. The summed E-state index contributed by atoms with van der Waals surface area (Å²) in [5, 5.41) is -0.134. The van der Waals surface area contributed by atoms with Gasteiger partial charge in [-0.15, -0.1) is 11.8 Å². The fourth-order valence-electron chi connectivity index (χ4n) is 3.14. The van der Waals surface area contributed by atoms with Gasteiger partial charge < -0.3 is 20.1 Å². The lowest BCUT2D eigenvalue weighted by atomic mass is 9.92. The van der Waals surface area contributed by atoms with Crippen molar-refractivity contribution in [3.05, 3.63) is 35.9 Å². The fraction of sp³-hybridized carbons (Fsp3) is 0.467. The number of carbonyl (C=O) groups excluding carboxylic acids is 2. The van der Waals surface area contributed by atoms with Crippen LogP contribution >= 0.6 is 11.8 Å². The second-order valence-corrected chi connectivity index (χ2v) is 7.36. The Morgan fingerprint density at radius 1 is 1.41 bits per heavy atom. The van der Waals surface area contributed by atoms with Crippen LogP contribution in [0.2, 0.25) is 0 Å². The molecule has 4 rings (SSSR count). The first-order valence-corrected chi connectivity index (χ1v) is 8.04. The van der Waals surface area contributed by atoms with E-state index in [2.05, 4.69) is 0 Å². The lowest BCUT2D eigenvalue weighted by molar-refractivity contribution is -0.169. The highest BCUT2D eigenvalue weighted by Gasteiger charge is 2.68.